The number of hydrogen-bond acceptors (Lipinski definition) is 7. The number of aliphatic imine (C=N–C) groups is 1. The fourth-order valence-corrected chi connectivity index (χ4v) is 5.17. The number of ether oxygens (including phenoxy) is 1. The Bertz CT molecular complexity index is 1280. The molecule has 6 nitrogen and oxygen atoms in total. The van der Waals surface area contributed by atoms with Crippen LogP contribution >= 0.6 is 22.9 Å². The van der Waals surface area contributed by atoms with Crippen LogP contribution in [0.1, 0.15) is 35.0 Å². The Hall–Kier alpha value is -2.21. The van der Waals surface area contributed by atoms with E-state index in [1.807, 2.05) is 0 Å². The molecule has 0 amide bonds. The summed E-state index contributed by atoms with van der Waals surface area (Å²) in [6.45, 7) is 2.96. The van der Waals surface area contributed by atoms with Gasteiger partial charge in [0.05, 0.1) is 21.8 Å². The lowest BCUT2D eigenvalue weighted by atomic mass is 9.79. The van der Waals surface area contributed by atoms with Gasteiger partial charge in [-0.05, 0) is 35.6 Å². The van der Waals surface area contributed by atoms with E-state index >= 15 is 0 Å². The highest BCUT2D eigenvalue weighted by molar-refractivity contribution is 7.85. The van der Waals surface area contributed by atoms with Crippen molar-refractivity contribution in [3.63, 3.8) is 0 Å². The first-order valence-electron chi connectivity index (χ1n) is 10.5. The molecule has 0 aliphatic heterocycles. The minimum atomic E-state index is -4.41. The normalized spacial score (nSPS) is 19.1. The number of aromatic nitrogens is 1. The fourth-order valence-electron chi connectivity index (χ4n) is 3.53. The van der Waals surface area contributed by atoms with Gasteiger partial charge >= 0.3 is 6.18 Å². The van der Waals surface area contributed by atoms with E-state index in [1.165, 1.54) is 24.3 Å². The standard InChI is InChI=1S/C23H24ClF3N2O4S2/c1-13-14(2)18(23(25,26)27)8-7-17(13)22-29-20(11-33-35(4,30)31)21(34-22)12-32-16-6-5-15(10-28-3)19(24)9-16/h5-10,13-14H,11-12H2,1-4H3/t13-,14+/m0/s1. The number of rotatable bonds is 8. The van der Waals surface area contributed by atoms with Gasteiger partial charge in [-0.15, -0.1) is 11.3 Å². The third kappa shape index (κ3) is 6.93. The molecule has 190 valence electrons. The third-order valence-electron chi connectivity index (χ3n) is 5.55. The molecule has 3 rings (SSSR count). The molecular formula is C23H24ClF3N2O4S2. The average molecular weight is 549 g/mol. The summed E-state index contributed by atoms with van der Waals surface area (Å²) in [5.41, 5.74) is 1.10. The maximum atomic E-state index is 13.3. The Morgan fingerprint density at radius 1 is 1.20 bits per heavy atom. The molecule has 35 heavy (non-hydrogen) atoms. The summed E-state index contributed by atoms with van der Waals surface area (Å²) in [6.07, 6.45) is 0.628. The smallest absolute Gasteiger partial charge is 0.412 e. The maximum Gasteiger partial charge on any atom is 0.412 e. The molecular weight excluding hydrogens is 525 g/mol. The zero-order valence-corrected chi connectivity index (χ0v) is 21.8. The first-order valence-corrected chi connectivity index (χ1v) is 13.5. The van der Waals surface area contributed by atoms with E-state index in [9.17, 15) is 21.6 Å². The van der Waals surface area contributed by atoms with Gasteiger partial charge in [0.2, 0.25) is 0 Å². The van der Waals surface area contributed by atoms with Crippen molar-refractivity contribution in [1.29, 1.82) is 0 Å². The van der Waals surface area contributed by atoms with Crippen LogP contribution in [0.2, 0.25) is 5.02 Å². The highest BCUT2D eigenvalue weighted by Gasteiger charge is 2.41. The Kier molecular flexibility index (Phi) is 8.46. The lowest BCUT2D eigenvalue weighted by Gasteiger charge is -2.29. The molecule has 0 fully saturated rings. The molecule has 1 aromatic carbocycles. The second-order valence-corrected chi connectivity index (χ2v) is 11.2. The van der Waals surface area contributed by atoms with Crippen molar-refractivity contribution in [3.8, 4) is 5.75 Å². The van der Waals surface area contributed by atoms with Gasteiger partial charge in [-0.1, -0.05) is 37.6 Å². The summed E-state index contributed by atoms with van der Waals surface area (Å²) >= 11 is 7.46. The van der Waals surface area contributed by atoms with Crippen LogP contribution in [0, 0.1) is 11.8 Å². The molecule has 1 aromatic heterocycles. The Morgan fingerprint density at radius 2 is 1.91 bits per heavy atom. The van der Waals surface area contributed by atoms with Crippen LogP contribution in [0.3, 0.4) is 0 Å². The average Bonchev–Trinajstić information content (AvgIpc) is 3.16. The number of hydrogen-bond donors (Lipinski definition) is 0. The van der Waals surface area contributed by atoms with Crippen LogP contribution in [0.25, 0.3) is 5.57 Å². The second kappa shape index (κ2) is 10.8. The summed E-state index contributed by atoms with van der Waals surface area (Å²) in [4.78, 5) is 9.02. The highest BCUT2D eigenvalue weighted by atomic mass is 35.5. The summed E-state index contributed by atoms with van der Waals surface area (Å²) < 4.78 is 73.8. The van der Waals surface area contributed by atoms with Crippen LogP contribution in [0.5, 0.6) is 5.75 Å². The number of alkyl halides is 3. The fraction of sp³-hybridized carbons (Fsp3) is 0.391. The molecule has 2 atom stereocenters. The van der Waals surface area contributed by atoms with Crippen molar-refractivity contribution >= 4 is 44.8 Å². The van der Waals surface area contributed by atoms with E-state index in [0.29, 0.717) is 31.9 Å². The monoisotopic (exact) mass is 548 g/mol. The number of benzene rings is 1. The predicted molar refractivity (Wildman–Crippen MR) is 131 cm³/mol. The van der Waals surface area contributed by atoms with Crippen molar-refractivity contribution in [2.24, 2.45) is 16.8 Å². The van der Waals surface area contributed by atoms with Gasteiger partial charge in [-0.25, -0.2) is 4.98 Å². The zero-order valence-electron chi connectivity index (χ0n) is 19.4. The minimum Gasteiger partial charge on any atom is -0.488 e. The highest BCUT2D eigenvalue weighted by Crippen LogP contribution is 2.44. The van der Waals surface area contributed by atoms with E-state index in [4.69, 9.17) is 20.5 Å². The topological polar surface area (TPSA) is 77.9 Å². The minimum absolute atomic E-state index is 0.0402. The quantitative estimate of drug-likeness (QED) is 0.296. The van der Waals surface area contributed by atoms with E-state index in [0.717, 1.165) is 17.9 Å². The first kappa shape index (κ1) is 27.4. The lowest BCUT2D eigenvalue weighted by molar-refractivity contribution is -0.0997. The maximum absolute atomic E-state index is 13.3. The molecule has 1 heterocycles. The van der Waals surface area contributed by atoms with Crippen molar-refractivity contribution in [1.82, 2.24) is 4.98 Å². The molecule has 12 heteroatoms. The largest absolute Gasteiger partial charge is 0.488 e. The molecule has 0 spiro atoms. The van der Waals surface area contributed by atoms with Crippen molar-refractivity contribution in [2.75, 3.05) is 13.3 Å². The van der Waals surface area contributed by atoms with Crippen LogP contribution in [-0.4, -0.2) is 39.1 Å². The van der Waals surface area contributed by atoms with Crippen LogP contribution in [0.4, 0.5) is 13.2 Å². The Labute approximate surface area is 211 Å². The summed E-state index contributed by atoms with van der Waals surface area (Å²) in [5, 5.41) is 0.932. The Balaban J connectivity index is 1.91. The van der Waals surface area contributed by atoms with Gasteiger partial charge in [-0.3, -0.25) is 9.18 Å². The van der Waals surface area contributed by atoms with E-state index in [2.05, 4.69) is 9.98 Å². The molecule has 1 aliphatic rings. The molecule has 0 saturated heterocycles. The second-order valence-electron chi connectivity index (χ2n) is 8.03. The number of thiazole rings is 1. The molecule has 0 saturated carbocycles. The zero-order chi connectivity index (χ0) is 26.0. The molecule has 2 aromatic rings. The number of allylic oxidation sites excluding steroid dienone is 4. The van der Waals surface area contributed by atoms with Gasteiger partial charge < -0.3 is 4.74 Å². The molecule has 0 N–H and O–H groups in total. The van der Waals surface area contributed by atoms with Gasteiger partial charge in [0, 0.05) is 24.4 Å². The molecule has 0 unspecified atom stereocenters. The van der Waals surface area contributed by atoms with Crippen molar-refractivity contribution in [2.45, 2.75) is 33.2 Å². The van der Waals surface area contributed by atoms with Crippen molar-refractivity contribution in [3.05, 3.63) is 62.1 Å². The van der Waals surface area contributed by atoms with Crippen LogP contribution in [0.15, 0.2) is 40.9 Å². The first-order chi connectivity index (χ1) is 16.3. The lowest BCUT2D eigenvalue weighted by Crippen LogP contribution is -2.25. The van der Waals surface area contributed by atoms with E-state index in [1.54, 1.807) is 38.4 Å². The SMILES string of the molecule is CN=Cc1ccc(OCc2sc(C3=CC=C(C(F)(F)F)[C@H](C)[C@@H]3C)nc2COS(C)(=O)=O)cc1Cl. The Morgan fingerprint density at radius 3 is 2.51 bits per heavy atom. The van der Waals surface area contributed by atoms with E-state index in [-0.39, 0.29) is 13.2 Å². The number of halogens is 4. The van der Waals surface area contributed by atoms with Crippen LogP contribution in [-0.2, 0) is 27.5 Å². The summed E-state index contributed by atoms with van der Waals surface area (Å²) in [5.74, 6) is -0.738. The summed E-state index contributed by atoms with van der Waals surface area (Å²) in [7, 11) is -2.11. The predicted octanol–water partition coefficient (Wildman–Crippen LogP) is 6.06. The third-order valence-corrected chi connectivity index (χ3v) is 7.54. The van der Waals surface area contributed by atoms with Crippen LogP contribution < -0.4 is 4.74 Å². The molecule has 1 aliphatic carbocycles. The van der Waals surface area contributed by atoms with Crippen molar-refractivity contribution < 1.29 is 30.5 Å². The van der Waals surface area contributed by atoms with Gasteiger partial charge in [-0.2, -0.15) is 21.6 Å². The van der Waals surface area contributed by atoms with E-state index < -0.39 is 33.7 Å². The van der Waals surface area contributed by atoms with Gasteiger partial charge in [0.1, 0.15) is 24.0 Å². The van der Waals surface area contributed by atoms with Gasteiger partial charge in [0.25, 0.3) is 10.1 Å². The molecule has 0 bridgehead atoms. The molecule has 0 radical (unpaired) electrons. The summed E-state index contributed by atoms with van der Waals surface area (Å²) in [6, 6.07) is 5.09. The van der Waals surface area contributed by atoms with Gasteiger partial charge in [0.15, 0.2) is 0 Å². The number of nitrogens with zero attached hydrogens (tertiary/aromatic N) is 2.